The fourth-order valence-corrected chi connectivity index (χ4v) is 2.78. The van der Waals surface area contributed by atoms with Gasteiger partial charge in [0.1, 0.15) is 0 Å². The summed E-state index contributed by atoms with van der Waals surface area (Å²) in [7, 11) is 0. The highest BCUT2D eigenvalue weighted by Gasteiger charge is 2.26. The van der Waals surface area contributed by atoms with Gasteiger partial charge in [-0.15, -0.1) is 0 Å². The molecule has 5 heteroatoms. The second-order valence-electron chi connectivity index (χ2n) is 5.44. The molecule has 102 valence electrons. The van der Waals surface area contributed by atoms with Crippen LogP contribution in [-0.2, 0) is 13.1 Å². The molecule has 5 nitrogen and oxygen atoms in total. The van der Waals surface area contributed by atoms with Crippen molar-refractivity contribution in [3.05, 3.63) is 35.5 Å². The largest absolute Gasteiger partial charge is 0.360 e. The number of hydrogen-bond donors (Lipinski definition) is 0. The van der Waals surface area contributed by atoms with Gasteiger partial charge in [0.05, 0.1) is 25.0 Å². The first-order chi connectivity index (χ1) is 9.20. The lowest BCUT2D eigenvalue weighted by atomic mass is 10.2. The van der Waals surface area contributed by atoms with Crippen LogP contribution in [0.15, 0.2) is 23.0 Å². The normalized spacial score (nSPS) is 20.2. The minimum Gasteiger partial charge on any atom is -0.360 e. The van der Waals surface area contributed by atoms with Crippen LogP contribution in [0.5, 0.6) is 0 Å². The van der Waals surface area contributed by atoms with Gasteiger partial charge in [-0.2, -0.15) is 5.10 Å². The average Bonchev–Trinajstić information content (AvgIpc) is 3.06. The van der Waals surface area contributed by atoms with Gasteiger partial charge >= 0.3 is 0 Å². The van der Waals surface area contributed by atoms with Crippen LogP contribution >= 0.6 is 0 Å². The molecule has 0 bridgehead atoms. The minimum atomic E-state index is 0.546. The molecule has 3 rings (SSSR count). The van der Waals surface area contributed by atoms with E-state index in [1.807, 2.05) is 23.9 Å². The van der Waals surface area contributed by atoms with Crippen LogP contribution in [0.3, 0.4) is 0 Å². The van der Waals surface area contributed by atoms with Gasteiger partial charge in [-0.3, -0.25) is 9.58 Å². The van der Waals surface area contributed by atoms with E-state index in [1.165, 1.54) is 18.4 Å². The van der Waals surface area contributed by atoms with Gasteiger partial charge in [-0.1, -0.05) is 5.16 Å². The Morgan fingerprint density at radius 3 is 3.00 bits per heavy atom. The lowest BCUT2D eigenvalue weighted by Gasteiger charge is -2.23. The summed E-state index contributed by atoms with van der Waals surface area (Å²) in [6.45, 7) is 6.98. The van der Waals surface area contributed by atoms with E-state index in [0.29, 0.717) is 6.04 Å². The first-order valence-corrected chi connectivity index (χ1v) is 6.86. The molecular formula is C14H20N4O. The molecular weight excluding hydrogens is 240 g/mol. The van der Waals surface area contributed by atoms with Crippen molar-refractivity contribution >= 4 is 0 Å². The van der Waals surface area contributed by atoms with Crippen LogP contribution < -0.4 is 0 Å². The SMILES string of the molecule is Cc1cnn(CC2CCCN2Cc2cc(C)no2)c1. The Labute approximate surface area is 113 Å². The predicted molar refractivity (Wildman–Crippen MR) is 71.6 cm³/mol. The third-order valence-corrected chi connectivity index (χ3v) is 3.69. The van der Waals surface area contributed by atoms with E-state index in [1.54, 1.807) is 0 Å². The topological polar surface area (TPSA) is 47.1 Å². The molecule has 1 unspecified atom stereocenters. The maximum absolute atomic E-state index is 5.31. The monoisotopic (exact) mass is 260 g/mol. The molecule has 2 aromatic heterocycles. The molecule has 1 aliphatic rings. The van der Waals surface area contributed by atoms with Crippen molar-refractivity contribution in [3.8, 4) is 0 Å². The van der Waals surface area contributed by atoms with Gasteiger partial charge in [-0.25, -0.2) is 0 Å². The summed E-state index contributed by atoms with van der Waals surface area (Å²) in [6, 6.07) is 2.57. The van der Waals surface area contributed by atoms with Gasteiger partial charge < -0.3 is 4.52 Å². The summed E-state index contributed by atoms with van der Waals surface area (Å²) in [5.41, 5.74) is 2.17. The van der Waals surface area contributed by atoms with E-state index in [2.05, 4.69) is 28.3 Å². The first-order valence-electron chi connectivity index (χ1n) is 6.86. The molecule has 0 aliphatic carbocycles. The van der Waals surface area contributed by atoms with Gasteiger partial charge in [0.25, 0.3) is 0 Å². The molecule has 1 fully saturated rings. The summed E-state index contributed by atoms with van der Waals surface area (Å²) in [4.78, 5) is 2.47. The molecule has 0 aromatic carbocycles. The molecule has 0 radical (unpaired) electrons. The number of likely N-dealkylation sites (tertiary alicyclic amines) is 1. The zero-order valence-electron chi connectivity index (χ0n) is 11.5. The quantitative estimate of drug-likeness (QED) is 0.845. The number of nitrogens with zero attached hydrogens (tertiary/aromatic N) is 4. The van der Waals surface area contributed by atoms with Crippen molar-refractivity contribution in [1.29, 1.82) is 0 Å². The summed E-state index contributed by atoms with van der Waals surface area (Å²) in [5.74, 6) is 0.959. The Kier molecular flexibility index (Phi) is 3.38. The number of aryl methyl sites for hydroxylation is 2. The molecule has 0 spiro atoms. The fraction of sp³-hybridized carbons (Fsp3) is 0.571. The Hall–Kier alpha value is -1.62. The number of rotatable bonds is 4. The average molecular weight is 260 g/mol. The van der Waals surface area contributed by atoms with Crippen molar-refractivity contribution in [3.63, 3.8) is 0 Å². The van der Waals surface area contributed by atoms with Gasteiger partial charge in [-0.05, 0) is 38.8 Å². The molecule has 19 heavy (non-hydrogen) atoms. The lowest BCUT2D eigenvalue weighted by molar-refractivity contribution is 0.195. The van der Waals surface area contributed by atoms with E-state index >= 15 is 0 Å². The maximum Gasteiger partial charge on any atom is 0.150 e. The van der Waals surface area contributed by atoms with Crippen LogP contribution in [0.25, 0.3) is 0 Å². The molecule has 0 N–H and O–H groups in total. The second-order valence-corrected chi connectivity index (χ2v) is 5.44. The zero-order chi connectivity index (χ0) is 13.2. The minimum absolute atomic E-state index is 0.546. The number of hydrogen-bond acceptors (Lipinski definition) is 4. The first kappa shape index (κ1) is 12.4. The van der Waals surface area contributed by atoms with E-state index in [4.69, 9.17) is 4.52 Å². The van der Waals surface area contributed by atoms with Gasteiger partial charge in [0.2, 0.25) is 0 Å². The Bertz CT molecular complexity index is 497. The third-order valence-electron chi connectivity index (χ3n) is 3.69. The highest BCUT2D eigenvalue weighted by atomic mass is 16.5. The van der Waals surface area contributed by atoms with Gasteiger partial charge in [0.15, 0.2) is 5.76 Å². The predicted octanol–water partition coefficient (Wildman–Crippen LogP) is 2.15. The molecule has 0 saturated carbocycles. The van der Waals surface area contributed by atoms with Crippen molar-refractivity contribution in [2.75, 3.05) is 6.54 Å². The van der Waals surface area contributed by atoms with Gasteiger partial charge in [0, 0.05) is 18.3 Å². The van der Waals surface area contributed by atoms with E-state index in [-0.39, 0.29) is 0 Å². The highest BCUT2D eigenvalue weighted by molar-refractivity contribution is 5.04. The second kappa shape index (κ2) is 5.17. The van der Waals surface area contributed by atoms with Crippen LogP contribution in [0.1, 0.15) is 29.9 Å². The standard InChI is InChI=1S/C14H20N4O/c1-11-7-15-18(8-11)9-13-4-3-5-17(13)10-14-6-12(2)16-19-14/h6-8,13H,3-5,9-10H2,1-2H3. The van der Waals surface area contributed by atoms with Crippen LogP contribution in [0.4, 0.5) is 0 Å². The zero-order valence-corrected chi connectivity index (χ0v) is 11.5. The van der Waals surface area contributed by atoms with E-state index in [0.717, 1.165) is 31.1 Å². The van der Waals surface area contributed by atoms with Crippen molar-refractivity contribution < 1.29 is 4.52 Å². The fourth-order valence-electron chi connectivity index (χ4n) is 2.78. The Morgan fingerprint density at radius 2 is 2.32 bits per heavy atom. The molecule has 3 heterocycles. The molecule has 2 aromatic rings. The molecule has 0 amide bonds. The Morgan fingerprint density at radius 1 is 1.42 bits per heavy atom. The van der Waals surface area contributed by atoms with Crippen LogP contribution in [0, 0.1) is 13.8 Å². The number of aromatic nitrogens is 3. The maximum atomic E-state index is 5.31. The lowest BCUT2D eigenvalue weighted by Crippen LogP contribution is -2.32. The summed E-state index contributed by atoms with van der Waals surface area (Å²) < 4.78 is 7.36. The van der Waals surface area contributed by atoms with Crippen LogP contribution in [-0.4, -0.2) is 32.4 Å². The summed E-state index contributed by atoms with van der Waals surface area (Å²) in [5, 5.41) is 8.33. The van der Waals surface area contributed by atoms with Crippen LogP contribution in [0.2, 0.25) is 0 Å². The molecule has 1 aliphatic heterocycles. The summed E-state index contributed by atoms with van der Waals surface area (Å²) >= 11 is 0. The highest BCUT2D eigenvalue weighted by Crippen LogP contribution is 2.21. The van der Waals surface area contributed by atoms with Crippen molar-refractivity contribution in [1.82, 2.24) is 19.8 Å². The van der Waals surface area contributed by atoms with E-state index < -0.39 is 0 Å². The summed E-state index contributed by atoms with van der Waals surface area (Å²) in [6.07, 6.45) is 6.50. The van der Waals surface area contributed by atoms with E-state index in [9.17, 15) is 0 Å². The van der Waals surface area contributed by atoms with Crippen molar-refractivity contribution in [2.24, 2.45) is 0 Å². The Balaban J connectivity index is 1.64. The smallest absolute Gasteiger partial charge is 0.150 e. The van der Waals surface area contributed by atoms with Crippen molar-refractivity contribution in [2.45, 2.75) is 45.8 Å². The molecule has 1 saturated heterocycles. The third kappa shape index (κ3) is 2.87. The molecule has 1 atom stereocenters.